The van der Waals surface area contributed by atoms with Gasteiger partial charge in [0, 0.05) is 36.0 Å². The average Bonchev–Trinajstić information content (AvgIpc) is 2.53. The van der Waals surface area contributed by atoms with Crippen molar-refractivity contribution in [2.45, 2.75) is 6.17 Å². The summed E-state index contributed by atoms with van der Waals surface area (Å²) in [6, 6.07) is 10.5. The molecule has 12 heavy (non-hydrogen) atoms. The van der Waals surface area contributed by atoms with Crippen molar-refractivity contribution in [3.63, 3.8) is 0 Å². The lowest BCUT2D eigenvalue weighted by molar-refractivity contribution is 0.457. The third-order valence-electron chi connectivity index (χ3n) is 2.06. The molecule has 0 saturated carbocycles. The molecule has 1 N–H and O–H groups in total. The monoisotopic (exact) mass is 274 g/mol. The van der Waals surface area contributed by atoms with E-state index in [4.69, 9.17) is 0 Å². The van der Waals surface area contributed by atoms with E-state index in [0.717, 1.165) is 13.1 Å². The molecule has 2 nitrogen and oxygen atoms in total. The first kappa shape index (κ1) is 8.47. The molecule has 1 saturated heterocycles. The maximum Gasteiger partial charge on any atom is 0.0948 e. The fourth-order valence-corrected chi connectivity index (χ4v) is 2.21. The van der Waals surface area contributed by atoms with Gasteiger partial charge in [-0.25, -0.2) is 3.11 Å². The predicted octanol–water partition coefficient (Wildman–Crippen LogP) is 1.94. The summed E-state index contributed by atoms with van der Waals surface area (Å²) in [6.45, 7) is 2.21. The van der Waals surface area contributed by atoms with E-state index in [1.54, 1.807) is 0 Å². The zero-order chi connectivity index (χ0) is 8.39. The molecule has 0 aromatic heterocycles. The molecule has 1 heterocycles. The Bertz CT molecular complexity index is 250. The summed E-state index contributed by atoms with van der Waals surface area (Å²) in [5.41, 5.74) is 1.35. The second-order valence-corrected chi connectivity index (χ2v) is 4.13. The highest BCUT2D eigenvalue weighted by molar-refractivity contribution is 14.1. The number of nitrogens with one attached hydrogen (secondary N) is 1. The minimum atomic E-state index is 0.409. The van der Waals surface area contributed by atoms with E-state index in [9.17, 15) is 0 Å². The summed E-state index contributed by atoms with van der Waals surface area (Å²) in [6.07, 6.45) is 0.409. The predicted molar refractivity (Wildman–Crippen MR) is 57.9 cm³/mol. The van der Waals surface area contributed by atoms with Crippen LogP contribution in [0.2, 0.25) is 0 Å². The van der Waals surface area contributed by atoms with Gasteiger partial charge in [-0.3, -0.25) is 5.32 Å². The van der Waals surface area contributed by atoms with Gasteiger partial charge in [-0.05, 0) is 5.56 Å². The molecule has 1 fully saturated rings. The molecule has 1 aromatic carbocycles. The van der Waals surface area contributed by atoms with Crippen molar-refractivity contribution in [3.8, 4) is 0 Å². The maximum atomic E-state index is 3.44. The van der Waals surface area contributed by atoms with Gasteiger partial charge in [0.1, 0.15) is 0 Å². The Kier molecular flexibility index (Phi) is 2.63. The van der Waals surface area contributed by atoms with Crippen molar-refractivity contribution in [2.24, 2.45) is 0 Å². The molecule has 0 aliphatic carbocycles. The smallest absolute Gasteiger partial charge is 0.0948 e. The molecule has 3 heteroatoms. The van der Waals surface area contributed by atoms with Crippen molar-refractivity contribution in [1.82, 2.24) is 8.43 Å². The minimum absolute atomic E-state index is 0.409. The van der Waals surface area contributed by atoms with Gasteiger partial charge < -0.3 is 0 Å². The van der Waals surface area contributed by atoms with Crippen LogP contribution in [-0.2, 0) is 0 Å². The van der Waals surface area contributed by atoms with Gasteiger partial charge in [-0.15, -0.1) is 0 Å². The van der Waals surface area contributed by atoms with Crippen molar-refractivity contribution in [3.05, 3.63) is 35.9 Å². The van der Waals surface area contributed by atoms with Crippen LogP contribution >= 0.6 is 22.9 Å². The summed E-state index contributed by atoms with van der Waals surface area (Å²) in [7, 11) is 0. The van der Waals surface area contributed by atoms with Gasteiger partial charge in [-0.1, -0.05) is 30.3 Å². The van der Waals surface area contributed by atoms with Gasteiger partial charge in [0.2, 0.25) is 0 Å². The highest BCUT2D eigenvalue weighted by atomic mass is 127. The SMILES string of the molecule is IN1CCNC1c1ccccc1. The van der Waals surface area contributed by atoms with Crippen molar-refractivity contribution in [1.29, 1.82) is 0 Å². The Balaban J connectivity index is 2.19. The Hall–Kier alpha value is -0.130. The van der Waals surface area contributed by atoms with Crippen LogP contribution in [0.4, 0.5) is 0 Å². The van der Waals surface area contributed by atoms with E-state index in [1.807, 2.05) is 0 Å². The van der Waals surface area contributed by atoms with E-state index in [-0.39, 0.29) is 0 Å². The number of rotatable bonds is 1. The second-order valence-electron chi connectivity index (χ2n) is 2.89. The Labute approximate surface area is 86.4 Å². The Morgan fingerprint density at radius 2 is 2.08 bits per heavy atom. The number of hydrogen-bond acceptors (Lipinski definition) is 2. The Morgan fingerprint density at radius 3 is 2.67 bits per heavy atom. The van der Waals surface area contributed by atoms with Crippen LogP contribution in [-0.4, -0.2) is 16.2 Å². The molecule has 1 aliphatic heterocycles. The fraction of sp³-hybridized carbons (Fsp3) is 0.333. The van der Waals surface area contributed by atoms with E-state index < -0.39 is 0 Å². The fourth-order valence-electron chi connectivity index (χ4n) is 1.45. The second kappa shape index (κ2) is 3.72. The van der Waals surface area contributed by atoms with Crippen LogP contribution < -0.4 is 5.32 Å². The van der Waals surface area contributed by atoms with Crippen LogP contribution in [0.15, 0.2) is 30.3 Å². The first-order valence-corrected chi connectivity index (χ1v) is 5.05. The highest BCUT2D eigenvalue weighted by Crippen LogP contribution is 2.24. The number of halogens is 1. The summed E-state index contributed by atoms with van der Waals surface area (Å²) in [5, 5.41) is 3.44. The lowest BCUT2D eigenvalue weighted by Crippen LogP contribution is -2.19. The van der Waals surface area contributed by atoms with Crippen LogP contribution in [0.25, 0.3) is 0 Å². The summed E-state index contributed by atoms with van der Waals surface area (Å²) in [5.74, 6) is 0. The standard InChI is InChI=1S/C9H11IN2/c10-12-7-6-11-9(12)8-4-2-1-3-5-8/h1-5,9,11H,6-7H2. The highest BCUT2D eigenvalue weighted by Gasteiger charge is 2.22. The van der Waals surface area contributed by atoms with Gasteiger partial charge in [0.05, 0.1) is 6.17 Å². The van der Waals surface area contributed by atoms with Gasteiger partial charge in [-0.2, -0.15) is 0 Å². The van der Waals surface area contributed by atoms with E-state index in [1.165, 1.54) is 5.56 Å². The van der Waals surface area contributed by atoms with Gasteiger partial charge in [0.25, 0.3) is 0 Å². The molecule has 1 aromatic rings. The zero-order valence-corrected chi connectivity index (χ0v) is 8.86. The molecule has 0 radical (unpaired) electrons. The third-order valence-corrected chi connectivity index (χ3v) is 3.10. The van der Waals surface area contributed by atoms with Crippen molar-refractivity contribution in [2.75, 3.05) is 13.1 Å². The molecule has 1 atom stereocenters. The first-order chi connectivity index (χ1) is 5.88. The van der Waals surface area contributed by atoms with E-state index in [2.05, 4.69) is 61.6 Å². The lowest BCUT2D eigenvalue weighted by atomic mass is 10.2. The molecular weight excluding hydrogens is 263 g/mol. The summed E-state index contributed by atoms with van der Waals surface area (Å²) >= 11 is 2.37. The maximum absolute atomic E-state index is 3.44. The molecule has 1 aliphatic rings. The van der Waals surface area contributed by atoms with Crippen LogP contribution in [0.3, 0.4) is 0 Å². The van der Waals surface area contributed by atoms with Crippen molar-refractivity contribution >= 4 is 22.9 Å². The van der Waals surface area contributed by atoms with E-state index >= 15 is 0 Å². The zero-order valence-electron chi connectivity index (χ0n) is 6.70. The molecule has 1 unspecified atom stereocenters. The van der Waals surface area contributed by atoms with Crippen LogP contribution in [0.1, 0.15) is 11.7 Å². The minimum Gasteiger partial charge on any atom is -0.296 e. The summed E-state index contributed by atoms with van der Waals surface area (Å²) < 4.78 is 2.30. The van der Waals surface area contributed by atoms with Gasteiger partial charge >= 0.3 is 0 Å². The van der Waals surface area contributed by atoms with Gasteiger partial charge in [0.15, 0.2) is 0 Å². The molecule has 0 spiro atoms. The van der Waals surface area contributed by atoms with Crippen LogP contribution in [0, 0.1) is 0 Å². The van der Waals surface area contributed by atoms with E-state index in [0.29, 0.717) is 6.17 Å². The number of benzene rings is 1. The molecular formula is C9H11IN2. The largest absolute Gasteiger partial charge is 0.296 e. The van der Waals surface area contributed by atoms with Crippen molar-refractivity contribution < 1.29 is 0 Å². The average molecular weight is 274 g/mol. The molecule has 0 amide bonds. The van der Waals surface area contributed by atoms with Crippen LogP contribution in [0.5, 0.6) is 0 Å². The third kappa shape index (κ3) is 1.62. The molecule has 0 bridgehead atoms. The molecule has 2 rings (SSSR count). The first-order valence-electron chi connectivity index (χ1n) is 4.09. The Morgan fingerprint density at radius 1 is 1.33 bits per heavy atom. The molecule has 64 valence electrons. The summed E-state index contributed by atoms with van der Waals surface area (Å²) in [4.78, 5) is 0. The lowest BCUT2D eigenvalue weighted by Gasteiger charge is -2.16. The normalized spacial score (nSPS) is 24.6. The number of nitrogens with zero attached hydrogens (tertiary/aromatic N) is 1. The topological polar surface area (TPSA) is 15.3 Å². The number of hydrogen-bond donors (Lipinski definition) is 1. The quantitative estimate of drug-likeness (QED) is 0.622.